The molecule has 216 valence electrons. The Morgan fingerprint density at radius 3 is 1.27 bits per heavy atom. The summed E-state index contributed by atoms with van der Waals surface area (Å²) >= 11 is 0. The van der Waals surface area contributed by atoms with E-state index in [0.717, 1.165) is 32.1 Å². The highest BCUT2D eigenvalue weighted by atomic mass is 16.4. The van der Waals surface area contributed by atoms with E-state index in [4.69, 9.17) is 0 Å². The largest absolute Gasteiger partial charge is 0.481 e. The molecular formula is C29H52O8. The number of carboxylic acid groups (broad SMARTS) is 3. The smallest absolute Gasteiger partial charge is 0.338 e. The third-order valence-electron chi connectivity index (χ3n) is 7.47. The molecule has 4 N–H and O–H groups in total. The minimum Gasteiger partial charge on any atom is -0.481 e. The number of unbranched alkanes of at least 4 members (excludes halogenated alkanes) is 16. The standard InChI is InChI=1S/C29H52O8/c1-3-5-7-8-9-10-11-12-13-14-15-16-17-18-20-22-28(26(33)34,24(30)21-19-6-4-2)29(37,27(35)36)23-25(31)32/h37H,3-23H2,1-2H3,(H,31,32)(H,33,34)(H,35,36). The number of hydrogen-bond donors (Lipinski definition) is 4. The molecule has 0 aromatic heterocycles. The molecule has 0 aliphatic rings. The molecular weight excluding hydrogens is 476 g/mol. The van der Waals surface area contributed by atoms with Gasteiger partial charge in [0.2, 0.25) is 0 Å². The molecule has 0 saturated heterocycles. The first-order valence-corrected chi connectivity index (χ1v) is 14.5. The van der Waals surface area contributed by atoms with Crippen LogP contribution in [0.25, 0.3) is 0 Å². The van der Waals surface area contributed by atoms with Crippen molar-refractivity contribution in [3.05, 3.63) is 0 Å². The molecule has 37 heavy (non-hydrogen) atoms. The van der Waals surface area contributed by atoms with E-state index in [1.54, 1.807) is 0 Å². The Labute approximate surface area is 223 Å². The van der Waals surface area contributed by atoms with Gasteiger partial charge in [-0.1, -0.05) is 123 Å². The molecule has 0 aliphatic carbocycles. The van der Waals surface area contributed by atoms with Crippen molar-refractivity contribution in [2.75, 3.05) is 0 Å². The fraction of sp³-hybridized carbons (Fsp3) is 0.862. The van der Waals surface area contributed by atoms with Crippen LogP contribution >= 0.6 is 0 Å². The second-order valence-corrected chi connectivity index (χ2v) is 10.5. The van der Waals surface area contributed by atoms with Crippen LogP contribution in [0.15, 0.2) is 0 Å². The number of carboxylic acids is 3. The fourth-order valence-corrected chi connectivity index (χ4v) is 5.12. The molecule has 0 saturated carbocycles. The molecule has 8 heteroatoms. The van der Waals surface area contributed by atoms with Crippen LogP contribution in [0.3, 0.4) is 0 Å². The van der Waals surface area contributed by atoms with Gasteiger partial charge in [0.05, 0.1) is 6.42 Å². The molecule has 0 amide bonds. The van der Waals surface area contributed by atoms with Crippen LogP contribution in [-0.4, -0.2) is 49.7 Å². The average Bonchev–Trinajstić information content (AvgIpc) is 2.83. The molecule has 2 atom stereocenters. The van der Waals surface area contributed by atoms with Crippen molar-refractivity contribution in [2.24, 2.45) is 5.41 Å². The van der Waals surface area contributed by atoms with Crippen LogP contribution in [0.5, 0.6) is 0 Å². The molecule has 0 fully saturated rings. The zero-order valence-corrected chi connectivity index (χ0v) is 23.3. The second-order valence-electron chi connectivity index (χ2n) is 10.5. The van der Waals surface area contributed by atoms with Crippen molar-refractivity contribution in [1.29, 1.82) is 0 Å². The van der Waals surface area contributed by atoms with Crippen molar-refractivity contribution in [1.82, 2.24) is 0 Å². The maximum absolute atomic E-state index is 13.1. The number of aliphatic hydroxyl groups is 1. The van der Waals surface area contributed by atoms with Gasteiger partial charge < -0.3 is 20.4 Å². The van der Waals surface area contributed by atoms with Crippen molar-refractivity contribution < 1.29 is 39.6 Å². The molecule has 0 aromatic rings. The summed E-state index contributed by atoms with van der Waals surface area (Å²) in [5.74, 6) is -6.36. The van der Waals surface area contributed by atoms with Gasteiger partial charge in [0.25, 0.3) is 0 Å². The van der Waals surface area contributed by atoms with Gasteiger partial charge in [-0.05, 0) is 12.8 Å². The van der Waals surface area contributed by atoms with Crippen molar-refractivity contribution in [3.63, 3.8) is 0 Å². The number of Topliss-reactive ketones (excluding diaryl/α,β-unsaturated/α-hetero) is 1. The first-order chi connectivity index (χ1) is 17.6. The quantitative estimate of drug-likeness (QED) is 0.0710. The van der Waals surface area contributed by atoms with Crippen molar-refractivity contribution in [3.8, 4) is 0 Å². The number of aliphatic carboxylic acids is 3. The Morgan fingerprint density at radius 1 is 0.541 bits per heavy atom. The lowest BCUT2D eigenvalue weighted by molar-refractivity contribution is -0.196. The number of rotatable bonds is 26. The summed E-state index contributed by atoms with van der Waals surface area (Å²) in [6.07, 6.45) is 16.2. The van der Waals surface area contributed by atoms with E-state index in [0.29, 0.717) is 19.3 Å². The average molecular weight is 529 g/mol. The third-order valence-corrected chi connectivity index (χ3v) is 7.47. The highest BCUT2D eigenvalue weighted by Crippen LogP contribution is 2.43. The predicted molar refractivity (Wildman–Crippen MR) is 144 cm³/mol. The summed E-state index contributed by atoms with van der Waals surface area (Å²) in [6.45, 7) is 4.13. The van der Waals surface area contributed by atoms with Gasteiger partial charge in [-0.25, -0.2) is 4.79 Å². The SMILES string of the molecule is CCCCCCCCCCCCCCCCCC(C(=O)O)(C(=O)CCCCC)C(O)(CC(=O)O)C(=O)O. The summed E-state index contributed by atoms with van der Waals surface area (Å²) in [7, 11) is 0. The minimum absolute atomic E-state index is 0.214. The van der Waals surface area contributed by atoms with E-state index in [-0.39, 0.29) is 12.8 Å². The molecule has 0 rings (SSSR count). The molecule has 0 bridgehead atoms. The first-order valence-electron chi connectivity index (χ1n) is 14.5. The Balaban J connectivity index is 4.78. The lowest BCUT2D eigenvalue weighted by Gasteiger charge is -2.39. The molecule has 2 unspecified atom stereocenters. The van der Waals surface area contributed by atoms with E-state index >= 15 is 0 Å². The van der Waals surface area contributed by atoms with E-state index in [1.807, 2.05) is 6.92 Å². The van der Waals surface area contributed by atoms with Gasteiger partial charge >= 0.3 is 17.9 Å². The van der Waals surface area contributed by atoms with E-state index in [1.165, 1.54) is 57.8 Å². The molecule has 0 spiro atoms. The van der Waals surface area contributed by atoms with Crippen LogP contribution < -0.4 is 0 Å². The van der Waals surface area contributed by atoms with E-state index in [2.05, 4.69) is 6.92 Å². The van der Waals surface area contributed by atoms with Crippen molar-refractivity contribution in [2.45, 2.75) is 154 Å². The highest BCUT2D eigenvalue weighted by molar-refractivity contribution is 6.09. The monoisotopic (exact) mass is 528 g/mol. The summed E-state index contributed by atoms with van der Waals surface area (Å²) in [6, 6.07) is 0. The predicted octanol–water partition coefficient (Wildman–Crippen LogP) is 6.76. The molecule has 0 aliphatic heterocycles. The molecule has 0 radical (unpaired) electrons. The first kappa shape index (κ1) is 35.0. The van der Waals surface area contributed by atoms with Crippen LogP contribution in [0.2, 0.25) is 0 Å². The number of ketones is 1. The minimum atomic E-state index is -3.22. The maximum atomic E-state index is 13.1. The normalized spacial score (nSPS) is 14.6. The van der Waals surface area contributed by atoms with Gasteiger partial charge in [-0.3, -0.25) is 14.4 Å². The third kappa shape index (κ3) is 12.4. The maximum Gasteiger partial charge on any atom is 0.338 e. The van der Waals surface area contributed by atoms with Gasteiger partial charge in [-0.2, -0.15) is 0 Å². The summed E-state index contributed by atoms with van der Waals surface area (Å²) in [5.41, 5.74) is -5.91. The van der Waals surface area contributed by atoms with Crippen LogP contribution in [0.1, 0.15) is 149 Å². The van der Waals surface area contributed by atoms with Crippen LogP contribution in [-0.2, 0) is 19.2 Å². The Morgan fingerprint density at radius 2 is 0.919 bits per heavy atom. The topological polar surface area (TPSA) is 149 Å². The Kier molecular flexibility index (Phi) is 19.0. The van der Waals surface area contributed by atoms with Gasteiger partial charge in [0.15, 0.2) is 16.8 Å². The lowest BCUT2D eigenvalue weighted by atomic mass is 9.63. The molecule has 0 heterocycles. The zero-order valence-electron chi connectivity index (χ0n) is 23.3. The summed E-state index contributed by atoms with van der Waals surface area (Å²) in [5, 5.41) is 39.8. The van der Waals surface area contributed by atoms with Gasteiger partial charge in [-0.15, -0.1) is 0 Å². The zero-order chi connectivity index (χ0) is 28.2. The number of carbonyl (C=O) groups is 4. The molecule has 8 nitrogen and oxygen atoms in total. The summed E-state index contributed by atoms with van der Waals surface area (Å²) in [4.78, 5) is 48.8. The Bertz CT molecular complexity index is 677. The molecule has 0 aromatic carbocycles. The van der Waals surface area contributed by atoms with Gasteiger partial charge in [0, 0.05) is 6.42 Å². The van der Waals surface area contributed by atoms with Gasteiger partial charge in [0.1, 0.15) is 0 Å². The lowest BCUT2D eigenvalue weighted by Crippen LogP contribution is -2.63. The van der Waals surface area contributed by atoms with E-state index in [9.17, 15) is 39.6 Å². The number of hydrogen-bond acceptors (Lipinski definition) is 5. The number of carbonyl (C=O) groups excluding carboxylic acids is 1. The second kappa shape index (κ2) is 20.1. The Hall–Kier alpha value is -1.96. The van der Waals surface area contributed by atoms with Crippen LogP contribution in [0.4, 0.5) is 0 Å². The van der Waals surface area contributed by atoms with Crippen LogP contribution in [0, 0.1) is 5.41 Å². The highest BCUT2D eigenvalue weighted by Gasteiger charge is 2.65. The fourth-order valence-electron chi connectivity index (χ4n) is 5.12. The summed E-state index contributed by atoms with van der Waals surface area (Å²) < 4.78 is 0. The van der Waals surface area contributed by atoms with Crippen molar-refractivity contribution >= 4 is 23.7 Å². The van der Waals surface area contributed by atoms with E-state index < -0.39 is 47.5 Å².